The van der Waals surface area contributed by atoms with E-state index in [0.717, 1.165) is 18.6 Å². The Balaban J connectivity index is 2.13. The molecule has 1 fully saturated rings. The normalized spacial score (nSPS) is 28.4. The first-order chi connectivity index (χ1) is 8.11. The Hall–Kier alpha value is -0.540. The van der Waals surface area contributed by atoms with Crippen molar-refractivity contribution in [1.29, 1.82) is 0 Å². The number of halogens is 1. The largest absolute Gasteiger partial charge is 0.497 e. The van der Waals surface area contributed by atoms with Gasteiger partial charge in [-0.15, -0.1) is 0 Å². The predicted octanol–water partition coefficient (Wildman–Crippen LogP) is 3.37. The molecule has 2 nitrogen and oxygen atoms in total. The first kappa shape index (κ1) is 12.9. The second-order valence-electron chi connectivity index (χ2n) is 5.02. The molecule has 2 N–H and O–H groups in total. The van der Waals surface area contributed by atoms with E-state index in [9.17, 15) is 0 Å². The number of hydrogen-bond acceptors (Lipinski definition) is 2. The lowest BCUT2D eigenvalue weighted by atomic mass is 9.90. The molecular formula is C14H20BrNO. The zero-order chi connectivity index (χ0) is 12.4. The zero-order valence-corrected chi connectivity index (χ0v) is 12.0. The third-order valence-corrected chi connectivity index (χ3v) is 4.80. The maximum absolute atomic E-state index is 6.08. The molecule has 0 amide bonds. The summed E-state index contributed by atoms with van der Waals surface area (Å²) in [5, 5.41) is 0. The minimum absolute atomic E-state index is 0.379. The summed E-state index contributed by atoms with van der Waals surface area (Å²) in [4.78, 5) is 0. The molecule has 0 aliphatic heterocycles. The number of rotatable bonds is 3. The molecule has 1 aromatic rings. The summed E-state index contributed by atoms with van der Waals surface area (Å²) in [7, 11) is 1.71. The molecule has 3 heteroatoms. The third kappa shape index (κ3) is 2.83. The van der Waals surface area contributed by atoms with Gasteiger partial charge in [0.25, 0.3) is 0 Å². The summed E-state index contributed by atoms with van der Waals surface area (Å²) >= 11 is 3.62. The van der Waals surface area contributed by atoms with Crippen LogP contribution in [0.1, 0.15) is 25.3 Å². The lowest BCUT2D eigenvalue weighted by Gasteiger charge is -2.19. The van der Waals surface area contributed by atoms with Gasteiger partial charge < -0.3 is 10.5 Å². The second kappa shape index (κ2) is 5.40. The number of hydrogen-bond donors (Lipinski definition) is 1. The molecule has 1 aromatic carbocycles. The molecule has 0 bridgehead atoms. The molecule has 1 aliphatic carbocycles. The van der Waals surface area contributed by atoms with Crippen LogP contribution in [-0.2, 0) is 6.42 Å². The average molecular weight is 298 g/mol. The average Bonchev–Trinajstić information content (AvgIpc) is 2.64. The van der Waals surface area contributed by atoms with Crippen molar-refractivity contribution < 1.29 is 4.74 Å². The minimum Gasteiger partial charge on any atom is -0.497 e. The highest BCUT2D eigenvalue weighted by Crippen LogP contribution is 2.35. The van der Waals surface area contributed by atoms with Gasteiger partial charge in [-0.3, -0.25) is 0 Å². The molecule has 0 aromatic heterocycles. The van der Waals surface area contributed by atoms with Crippen molar-refractivity contribution in [3.05, 3.63) is 28.2 Å². The van der Waals surface area contributed by atoms with Crippen molar-refractivity contribution in [2.24, 2.45) is 17.6 Å². The molecule has 3 unspecified atom stereocenters. The molecule has 2 rings (SSSR count). The van der Waals surface area contributed by atoms with E-state index in [4.69, 9.17) is 10.5 Å². The van der Waals surface area contributed by atoms with Gasteiger partial charge in [0.2, 0.25) is 0 Å². The molecule has 1 saturated carbocycles. The highest BCUT2D eigenvalue weighted by Gasteiger charge is 2.30. The van der Waals surface area contributed by atoms with E-state index in [-0.39, 0.29) is 0 Å². The summed E-state index contributed by atoms with van der Waals surface area (Å²) in [6, 6.07) is 6.55. The molecule has 0 saturated heterocycles. The van der Waals surface area contributed by atoms with Crippen LogP contribution in [0, 0.1) is 11.8 Å². The smallest absolute Gasteiger partial charge is 0.119 e. The van der Waals surface area contributed by atoms with Gasteiger partial charge in [-0.1, -0.05) is 22.9 Å². The molecule has 94 valence electrons. The number of ether oxygens (including phenoxy) is 1. The van der Waals surface area contributed by atoms with Crippen molar-refractivity contribution in [3.8, 4) is 5.75 Å². The van der Waals surface area contributed by atoms with E-state index in [2.05, 4.69) is 35.0 Å². The van der Waals surface area contributed by atoms with E-state index in [0.29, 0.717) is 17.9 Å². The fourth-order valence-corrected chi connectivity index (χ4v) is 3.10. The van der Waals surface area contributed by atoms with Crippen molar-refractivity contribution in [2.75, 3.05) is 7.11 Å². The van der Waals surface area contributed by atoms with Gasteiger partial charge in [0.05, 0.1) is 7.11 Å². The number of benzene rings is 1. The Morgan fingerprint density at radius 3 is 2.76 bits per heavy atom. The molecule has 3 atom stereocenters. The van der Waals surface area contributed by atoms with Gasteiger partial charge in [0, 0.05) is 10.5 Å². The van der Waals surface area contributed by atoms with Crippen molar-refractivity contribution in [1.82, 2.24) is 0 Å². The van der Waals surface area contributed by atoms with Gasteiger partial charge in [0.15, 0.2) is 0 Å². The summed E-state index contributed by atoms with van der Waals surface area (Å²) in [6.45, 7) is 2.27. The fraction of sp³-hybridized carbons (Fsp3) is 0.571. The van der Waals surface area contributed by atoms with Gasteiger partial charge >= 0.3 is 0 Å². The topological polar surface area (TPSA) is 35.2 Å². The van der Waals surface area contributed by atoms with Crippen molar-refractivity contribution in [2.45, 2.75) is 32.2 Å². The standard InChI is InChI=1S/C14H20BrNO/c1-9-10(3-6-14(9)16)7-11-8-12(17-2)4-5-13(11)15/h4-5,8-10,14H,3,6-7,16H2,1-2H3. The minimum atomic E-state index is 0.379. The van der Waals surface area contributed by atoms with Crippen LogP contribution in [0.15, 0.2) is 22.7 Å². The van der Waals surface area contributed by atoms with E-state index in [1.54, 1.807) is 7.11 Å². The lowest BCUT2D eigenvalue weighted by molar-refractivity contribution is 0.387. The Morgan fingerprint density at radius 2 is 2.18 bits per heavy atom. The van der Waals surface area contributed by atoms with Crippen LogP contribution in [0.5, 0.6) is 5.75 Å². The SMILES string of the molecule is COc1ccc(Br)c(CC2CCC(N)C2C)c1. The maximum atomic E-state index is 6.08. The van der Waals surface area contributed by atoms with E-state index in [1.165, 1.54) is 16.5 Å². The van der Waals surface area contributed by atoms with Crippen LogP contribution in [0.3, 0.4) is 0 Å². The van der Waals surface area contributed by atoms with E-state index >= 15 is 0 Å². The van der Waals surface area contributed by atoms with Crippen molar-refractivity contribution in [3.63, 3.8) is 0 Å². The molecule has 1 aliphatic rings. The molecule has 17 heavy (non-hydrogen) atoms. The van der Waals surface area contributed by atoms with Gasteiger partial charge in [-0.05, 0) is 54.9 Å². The van der Waals surface area contributed by atoms with Crippen LogP contribution < -0.4 is 10.5 Å². The number of nitrogens with two attached hydrogens (primary N) is 1. The van der Waals surface area contributed by atoms with E-state index < -0.39 is 0 Å². The van der Waals surface area contributed by atoms with Crippen molar-refractivity contribution >= 4 is 15.9 Å². The van der Waals surface area contributed by atoms with Gasteiger partial charge in [-0.2, -0.15) is 0 Å². The first-order valence-electron chi connectivity index (χ1n) is 6.20. The number of methoxy groups -OCH3 is 1. The van der Waals surface area contributed by atoms with Crippen LogP contribution in [0.4, 0.5) is 0 Å². The Bertz CT molecular complexity index is 394. The summed E-state index contributed by atoms with van der Waals surface area (Å²) in [5.74, 6) is 2.25. The van der Waals surface area contributed by atoms with Crippen LogP contribution in [0.25, 0.3) is 0 Å². The second-order valence-corrected chi connectivity index (χ2v) is 5.88. The molecule has 0 spiro atoms. The summed E-state index contributed by atoms with van der Waals surface area (Å²) in [6.07, 6.45) is 3.49. The highest BCUT2D eigenvalue weighted by molar-refractivity contribution is 9.10. The van der Waals surface area contributed by atoms with Gasteiger partial charge in [-0.25, -0.2) is 0 Å². The molecule has 0 radical (unpaired) electrons. The van der Waals surface area contributed by atoms with Crippen LogP contribution in [0.2, 0.25) is 0 Å². The Kier molecular flexibility index (Phi) is 4.10. The Labute approximate surface area is 112 Å². The summed E-state index contributed by atoms with van der Waals surface area (Å²) < 4.78 is 6.45. The van der Waals surface area contributed by atoms with Gasteiger partial charge in [0.1, 0.15) is 5.75 Å². The quantitative estimate of drug-likeness (QED) is 0.928. The fourth-order valence-electron chi connectivity index (χ4n) is 2.69. The summed E-state index contributed by atoms with van der Waals surface area (Å²) in [5.41, 5.74) is 7.41. The zero-order valence-electron chi connectivity index (χ0n) is 10.4. The van der Waals surface area contributed by atoms with Crippen LogP contribution in [-0.4, -0.2) is 13.2 Å². The third-order valence-electron chi connectivity index (χ3n) is 4.02. The predicted molar refractivity (Wildman–Crippen MR) is 74.3 cm³/mol. The van der Waals surface area contributed by atoms with E-state index in [1.807, 2.05) is 6.07 Å². The molecule has 0 heterocycles. The highest BCUT2D eigenvalue weighted by atomic mass is 79.9. The Morgan fingerprint density at radius 1 is 1.41 bits per heavy atom. The van der Waals surface area contributed by atoms with Crippen LogP contribution >= 0.6 is 15.9 Å². The monoisotopic (exact) mass is 297 g/mol. The first-order valence-corrected chi connectivity index (χ1v) is 6.99. The maximum Gasteiger partial charge on any atom is 0.119 e. The molecular weight excluding hydrogens is 278 g/mol. The lowest BCUT2D eigenvalue weighted by Crippen LogP contribution is -2.25.